The molecule has 0 saturated carbocycles. The van der Waals surface area contributed by atoms with Crippen molar-refractivity contribution in [2.24, 2.45) is 0 Å². The third-order valence-corrected chi connectivity index (χ3v) is 2.15. The molecule has 1 aromatic rings. The van der Waals surface area contributed by atoms with Crippen molar-refractivity contribution in [3.05, 3.63) is 29.6 Å². The second-order valence-corrected chi connectivity index (χ2v) is 3.99. The standard InChI is InChI=1S/C13H17FO2/c1-10(2)16-13-7-6-11(9-12(13)14)5-3-4-8-15/h6-10H,3-5H2,1-2H3. The monoisotopic (exact) mass is 224 g/mol. The highest BCUT2D eigenvalue weighted by Gasteiger charge is 2.06. The molecule has 0 N–H and O–H groups in total. The van der Waals surface area contributed by atoms with Crippen molar-refractivity contribution in [1.82, 2.24) is 0 Å². The molecule has 0 fully saturated rings. The number of ether oxygens (including phenoxy) is 1. The molecule has 0 aromatic heterocycles. The van der Waals surface area contributed by atoms with Gasteiger partial charge in [0.1, 0.15) is 6.29 Å². The number of aldehydes is 1. The van der Waals surface area contributed by atoms with Gasteiger partial charge in [0, 0.05) is 6.42 Å². The predicted molar refractivity (Wildman–Crippen MR) is 61.2 cm³/mol. The van der Waals surface area contributed by atoms with Crippen molar-refractivity contribution in [3.8, 4) is 5.75 Å². The van der Waals surface area contributed by atoms with Crippen LogP contribution in [0, 0.1) is 5.82 Å². The summed E-state index contributed by atoms with van der Waals surface area (Å²) in [5.41, 5.74) is 0.899. The molecule has 0 saturated heterocycles. The fourth-order valence-electron chi connectivity index (χ4n) is 1.44. The largest absolute Gasteiger partial charge is 0.488 e. The molecule has 0 aliphatic rings. The van der Waals surface area contributed by atoms with Crippen LogP contribution in [0.1, 0.15) is 32.3 Å². The molecule has 0 amide bonds. The molecular formula is C13H17FO2. The molecule has 88 valence electrons. The van der Waals surface area contributed by atoms with E-state index in [0.29, 0.717) is 6.42 Å². The number of rotatable bonds is 6. The maximum Gasteiger partial charge on any atom is 0.165 e. The lowest BCUT2D eigenvalue weighted by Gasteiger charge is -2.11. The smallest absolute Gasteiger partial charge is 0.165 e. The quantitative estimate of drug-likeness (QED) is 0.548. The van der Waals surface area contributed by atoms with Crippen molar-refractivity contribution >= 4 is 6.29 Å². The highest BCUT2D eigenvalue weighted by Crippen LogP contribution is 2.20. The van der Waals surface area contributed by atoms with E-state index in [1.165, 1.54) is 6.07 Å². The number of carbonyl (C=O) groups excluding carboxylic acids is 1. The molecule has 0 bridgehead atoms. The first-order chi connectivity index (χ1) is 7.63. The molecule has 16 heavy (non-hydrogen) atoms. The minimum absolute atomic E-state index is 0.0320. The molecule has 1 aromatic carbocycles. The first-order valence-electron chi connectivity index (χ1n) is 5.52. The highest BCUT2D eigenvalue weighted by molar-refractivity contribution is 5.49. The number of benzene rings is 1. The van der Waals surface area contributed by atoms with Gasteiger partial charge in [-0.25, -0.2) is 4.39 Å². The molecule has 2 nitrogen and oxygen atoms in total. The lowest BCUT2D eigenvalue weighted by Crippen LogP contribution is -2.07. The SMILES string of the molecule is CC(C)Oc1ccc(CCCC=O)cc1F. The molecule has 0 unspecified atom stereocenters. The Bertz CT molecular complexity index is 348. The normalized spacial score (nSPS) is 10.5. The van der Waals surface area contributed by atoms with E-state index in [0.717, 1.165) is 24.7 Å². The first kappa shape index (κ1) is 12.7. The Labute approximate surface area is 95.4 Å². The van der Waals surface area contributed by atoms with Crippen LogP contribution >= 0.6 is 0 Å². The topological polar surface area (TPSA) is 26.3 Å². The molecule has 0 spiro atoms. The van der Waals surface area contributed by atoms with Crippen LogP contribution in [-0.2, 0) is 11.2 Å². The van der Waals surface area contributed by atoms with Crippen LogP contribution in [0.2, 0.25) is 0 Å². The van der Waals surface area contributed by atoms with Crippen LogP contribution < -0.4 is 4.74 Å². The average molecular weight is 224 g/mol. The van der Waals surface area contributed by atoms with E-state index >= 15 is 0 Å². The maximum atomic E-state index is 13.5. The Morgan fingerprint density at radius 2 is 2.19 bits per heavy atom. The number of carbonyl (C=O) groups is 1. The van der Waals surface area contributed by atoms with Gasteiger partial charge < -0.3 is 9.53 Å². The molecule has 0 radical (unpaired) electrons. The molecule has 3 heteroatoms. The van der Waals surface area contributed by atoms with Crippen molar-refractivity contribution < 1.29 is 13.9 Å². The van der Waals surface area contributed by atoms with Crippen molar-refractivity contribution in [2.75, 3.05) is 0 Å². The summed E-state index contributed by atoms with van der Waals surface area (Å²) < 4.78 is 18.8. The van der Waals surface area contributed by atoms with E-state index < -0.39 is 0 Å². The van der Waals surface area contributed by atoms with Crippen molar-refractivity contribution in [2.45, 2.75) is 39.2 Å². The Morgan fingerprint density at radius 1 is 1.44 bits per heavy atom. The summed E-state index contributed by atoms with van der Waals surface area (Å²) in [4.78, 5) is 10.1. The average Bonchev–Trinajstić information content (AvgIpc) is 2.22. The fourth-order valence-corrected chi connectivity index (χ4v) is 1.44. The second-order valence-electron chi connectivity index (χ2n) is 3.99. The van der Waals surface area contributed by atoms with Gasteiger partial charge in [-0.1, -0.05) is 6.07 Å². The highest BCUT2D eigenvalue weighted by atomic mass is 19.1. The van der Waals surface area contributed by atoms with Crippen LogP contribution in [-0.4, -0.2) is 12.4 Å². The zero-order valence-electron chi connectivity index (χ0n) is 9.70. The van der Waals surface area contributed by atoms with Crippen LogP contribution in [0.4, 0.5) is 4.39 Å². The molecule has 0 heterocycles. The molecule has 0 atom stereocenters. The van der Waals surface area contributed by atoms with E-state index in [2.05, 4.69) is 0 Å². The lowest BCUT2D eigenvalue weighted by atomic mass is 10.1. The van der Waals surface area contributed by atoms with E-state index in [9.17, 15) is 9.18 Å². The Balaban J connectivity index is 2.63. The zero-order chi connectivity index (χ0) is 12.0. The summed E-state index contributed by atoms with van der Waals surface area (Å²) in [7, 11) is 0. The second kappa shape index (κ2) is 6.26. The van der Waals surface area contributed by atoms with Crippen molar-refractivity contribution in [3.63, 3.8) is 0 Å². The molecule has 1 rings (SSSR count). The number of halogens is 1. The van der Waals surface area contributed by atoms with E-state index in [-0.39, 0.29) is 17.7 Å². The number of unbranched alkanes of at least 4 members (excludes halogenated alkanes) is 1. The molecule has 0 aliphatic carbocycles. The minimum Gasteiger partial charge on any atom is -0.488 e. The van der Waals surface area contributed by atoms with Gasteiger partial charge in [-0.3, -0.25) is 0 Å². The Hall–Kier alpha value is -1.38. The van der Waals surface area contributed by atoms with Crippen LogP contribution in [0.5, 0.6) is 5.75 Å². The fraction of sp³-hybridized carbons (Fsp3) is 0.462. The summed E-state index contributed by atoms with van der Waals surface area (Å²) >= 11 is 0. The zero-order valence-corrected chi connectivity index (χ0v) is 9.70. The summed E-state index contributed by atoms with van der Waals surface area (Å²) in [6.45, 7) is 3.72. The summed E-state index contributed by atoms with van der Waals surface area (Å²) in [5, 5.41) is 0. The lowest BCUT2D eigenvalue weighted by molar-refractivity contribution is -0.107. The first-order valence-corrected chi connectivity index (χ1v) is 5.52. The van der Waals surface area contributed by atoms with Gasteiger partial charge in [0.2, 0.25) is 0 Å². The van der Waals surface area contributed by atoms with E-state index in [1.54, 1.807) is 6.07 Å². The Kier molecular flexibility index (Phi) is 4.96. The van der Waals surface area contributed by atoms with Gasteiger partial charge >= 0.3 is 0 Å². The van der Waals surface area contributed by atoms with Gasteiger partial charge in [-0.15, -0.1) is 0 Å². The van der Waals surface area contributed by atoms with Crippen LogP contribution in [0.3, 0.4) is 0 Å². The minimum atomic E-state index is -0.336. The summed E-state index contributed by atoms with van der Waals surface area (Å²) in [6.07, 6.45) is 2.85. The van der Waals surface area contributed by atoms with Crippen molar-refractivity contribution in [1.29, 1.82) is 0 Å². The number of aryl methyl sites for hydroxylation is 1. The van der Waals surface area contributed by atoms with E-state index in [4.69, 9.17) is 4.74 Å². The van der Waals surface area contributed by atoms with Gasteiger partial charge in [0.25, 0.3) is 0 Å². The predicted octanol–water partition coefficient (Wildman–Crippen LogP) is 3.13. The van der Waals surface area contributed by atoms with Gasteiger partial charge in [0.15, 0.2) is 11.6 Å². The third-order valence-electron chi connectivity index (χ3n) is 2.15. The van der Waals surface area contributed by atoms with Gasteiger partial charge in [-0.05, 0) is 44.4 Å². The van der Waals surface area contributed by atoms with Crippen LogP contribution in [0.15, 0.2) is 18.2 Å². The number of hydrogen-bond acceptors (Lipinski definition) is 2. The Morgan fingerprint density at radius 3 is 2.75 bits per heavy atom. The number of hydrogen-bond donors (Lipinski definition) is 0. The van der Waals surface area contributed by atoms with E-state index in [1.807, 2.05) is 19.9 Å². The van der Waals surface area contributed by atoms with Gasteiger partial charge in [-0.2, -0.15) is 0 Å². The molecular weight excluding hydrogens is 207 g/mol. The maximum absolute atomic E-state index is 13.5. The van der Waals surface area contributed by atoms with Gasteiger partial charge in [0.05, 0.1) is 6.10 Å². The summed E-state index contributed by atoms with van der Waals surface area (Å²) in [6, 6.07) is 4.96. The summed E-state index contributed by atoms with van der Waals surface area (Å²) in [5.74, 6) is -0.0496. The van der Waals surface area contributed by atoms with Crippen LogP contribution in [0.25, 0.3) is 0 Å². The molecule has 0 aliphatic heterocycles. The third kappa shape index (κ3) is 4.01.